The maximum atomic E-state index is 6.07. The van der Waals surface area contributed by atoms with E-state index in [-0.39, 0.29) is 0 Å². The number of morpholine rings is 1. The van der Waals surface area contributed by atoms with Gasteiger partial charge in [-0.3, -0.25) is 0 Å². The first kappa shape index (κ1) is 13.1. The highest BCUT2D eigenvalue weighted by atomic mass is 35.5. The van der Waals surface area contributed by atoms with Crippen LogP contribution in [0.2, 0.25) is 5.28 Å². The van der Waals surface area contributed by atoms with Crippen LogP contribution >= 0.6 is 22.9 Å². The number of ether oxygens (including phenoxy) is 1. The molecule has 0 bridgehead atoms. The quantitative estimate of drug-likeness (QED) is 0.798. The van der Waals surface area contributed by atoms with Crippen molar-refractivity contribution in [1.29, 1.82) is 0 Å². The zero-order valence-corrected chi connectivity index (χ0v) is 12.6. The molecule has 0 aliphatic carbocycles. The predicted molar refractivity (Wildman–Crippen MR) is 79.4 cm³/mol. The molecule has 1 unspecified atom stereocenters. The van der Waals surface area contributed by atoms with Crippen LogP contribution < -0.4 is 4.90 Å². The molecule has 2 aromatic heterocycles. The van der Waals surface area contributed by atoms with Gasteiger partial charge >= 0.3 is 0 Å². The molecule has 0 radical (unpaired) electrons. The van der Waals surface area contributed by atoms with Crippen LogP contribution in [0, 0.1) is 6.92 Å². The number of anilines is 1. The molecule has 0 N–H and O–H groups in total. The highest BCUT2D eigenvalue weighted by Crippen LogP contribution is 2.33. The number of hydrogen-bond acceptors (Lipinski definition) is 5. The average molecular weight is 298 g/mol. The number of halogens is 1. The van der Waals surface area contributed by atoms with Crippen LogP contribution in [0.4, 0.5) is 5.82 Å². The van der Waals surface area contributed by atoms with Crippen LogP contribution in [0.5, 0.6) is 0 Å². The zero-order valence-electron chi connectivity index (χ0n) is 11.0. The van der Waals surface area contributed by atoms with Crippen LogP contribution in [0.25, 0.3) is 10.2 Å². The smallest absolute Gasteiger partial charge is 0.225 e. The summed E-state index contributed by atoms with van der Waals surface area (Å²) in [7, 11) is 0. The summed E-state index contributed by atoms with van der Waals surface area (Å²) in [5.74, 6) is 0.953. The number of thiophene rings is 1. The lowest BCUT2D eigenvalue weighted by molar-refractivity contribution is 0.0927. The van der Waals surface area contributed by atoms with Crippen molar-refractivity contribution in [3.8, 4) is 0 Å². The van der Waals surface area contributed by atoms with Gasteiger partial charge in [-0.25, -0.2) is 4.98 Å². The van der Waals surface area contributed by atoms with Crippen molar-refractivity contribution in [2.75, 3.05) is 24.7 Å². The van der Waals surface area contributed by atoms with Crippen molar-refractivity contribution in [2.45, 2.75) is 26.3 Å². The second-order valence-electron chi connectivity index (χ2n) is 4.72. The minimum absolute atomic E-state index is 0.325. The van der Waals surface area contributed by atoms with E-state index in [4.69, 9.17) is 16.3 Å². The molecular weight excluding hydrogens is 282 g/mol. The Labute approximate surface area is 121 Å². The molecule has 0 amide bonds. The van der Waals surface area contributed by atoms with Gasteiger partial charge in [0.1, 0.15) is 10.6 Å². The van der Waals surface area contributed by atoms with E-state index in [9.17, 15) is 0 Å². The van der Waals surface area contributed by atoms with E-state index in [1.807, 2.05) is 0 Å². The predicted octanol–water partition coefficient (Wildman–Crippen LogP) is 3.27. The number of nitrogens with zero attached hydrogens (tertiary/aromatic N) is 3. The summed E-state index contributed by atoms with van der Waals surface area (Å²) in [6, 6.07) is 2.51. The number of rotatable bonds is 2. The molecule has 0 spiro atoms. The molecule has 3 heterocycles. The fourth-order valence-electron chi connectivity index (χ4n) is 2.49. The van der Waals surface area contributed by atoms with Gasteiger partial charge in [-0.05, 0) is 31.0 Å². The SMILES string of the molecule is CCC1COCCN1c1nc(Cl)nc2sc(C)cc12. The Bertz CT molecular complexity index is 601. The Morgan fingerprint density at radius 1 is 1.53 bits per heavy atom. The van der Waals surface area contributed by atoms with Gasteiger partial charge in [-0.15, -0.1) is 11.3 Å². The van der Waals surface area contributed by atoms with E-state index >= 15 is 0 Å². The topological polar surface area (TPSA) is 38.2 Å². The van der Waals surface area contributed by atoms with Gasteiger partial charge in [0.05, 0.1) is 24.6 Å². The standard InChI is InChI=1S/C13H16ClN3OS/c1-3-9-7-18-5-4-17(9)11-10-6-8(2)19-12(10)16-13(14)15-11/h6,9H,3-5,7H2,1-2H3. The Morgan fingerprint density at radius 2 is 2.37 bits per heavy atom. The van der Waals surface area contributed by atoms with Gasteiger partial charge in [-0.2, -0.15) is 4.98 Å². The largest absolute Gasteiger partial charge is 0.377 e. The maximum Gasteiger partial charge on any atom is 0.225 e. The van der Waals surface area contributed by atoms with Crippen molar-refractivity contribution in [2.24, 2.45) is 0 Å². The van der Waals surface area contributed by atoms with Gasteiger partial charge < -0.3 is 9.64 Å². The van der Waals surface area contributed by atoms with Gasteiger partial charge in [0.25, 0.3) is 0 Å². The first-order chi connectivity index (χ1) is 9.19. The number of fused-ring (bicyclic) bond motifs is 1. The summed E-state index contributed by atoms with van der Waals surface area (Å²) in [5.41, 5.74) is 0. The second kappa shape index (κ2) is 5.23. The van der Waals surface area contributed by atoms with Crippen LogP contribution in [0.15, 0.2) is 6.07 Å². The summed E-state index contributed by atoms with van der Waals surface area (Å²) in [6.07, 6.45) is 1.03. The lowest BCUT2D eigenvalue weighted by atomic mass is 10.1. The molecule has 1 fully saturated rings. The van der Waals surface area contributed by atoms with Crippen molar-refractivity contribution in [3.05, 3.63) is 16.2 Å². The lowest BCUT2D eigenvalue weighted by Crippen LogP contribution is -2.45. The highest BCUT2D eigenvalue weighted by molar-refractivity contribution is 7.18. The van der Waals surface area contributed by atoms with Gasteiger partial charge in [-0.1, -0.05) is 6.92 Å². The molecule has 1 aliphatic heterocycles. The Balaban J connectivity index is 2.12. The maximum absolute atomic E-state index is 6.07. The van der Waals surface area contributed by atoms with Crippen molar-refractivity contribution in [1.82, 2.24) is 9.97 Å². The van der Waals surface area contributed by atoms with E-state index in [2.05, 4.69) is 34.8 Å². The Hall–Kier alpha value is -0.910. The van der Waals surface area contributed by atoms with Crippen molar-refractivity contribution in [3.63, 3.8) is 0 Å². The summed E-state index contributed by atoms with van der Waals surface area (Å²) in [4.78, 5) is 13.3. The molecular formula is C13H16ClN3OS. The molecule has 102 valence electrons. The monoisotopic (exact) mass is 297 g/mol. The first-order valence-electron chi connectivity index (χ1n) is 6.47. The Morgan fingerprint density at radius 3 is 3.16 bits per heavy atom. The number of aryl methyl sites for hydroxylation is 1. The summed E-state index contributed by atoms with van der Waals surface area (Å²) in [6.45, 7) is 6.60. The fraction of sp³-hybridized carbons (Fsp3) is 0.538. The van der Waals surface area contributed by atoms with Gasteiger partial charge in [0.15, 0.2) is 0 Å². The summed E-state index contributed by atoms with van der Waals surface area (Å²) in [5, 5.41) is 1.43. The van der Waals surface area contributed by atoms with E-state index in [0.717, 1.165) is 42.2 Å². The molecule has 3 rings (SSSR count). The minimum Gasteiger partial charge on any atom is -0.377 e. The van der Waals surface area contributed by atoms with Crippen LogP contribution in [0.1, 0.15) is 18.2 Å². The molecule has 19 heavy (non-hydrogen) atoms. The van der Waals surface area contributed by atoms with E-state index in [0.29, 0.717) is 11.3 Å². The molecule has 1 saturated heterocycles. The molecule has 0 aromatic carbocycles. The third-order valence-electron chi connectivity index (χ3n) is 3.44. The lowest BCUT2D eigenvalue weighted by Gasteiger charge is -2.36. The van der Waals surface area contributed by atoms with Crippen LogP contribution in [0.3, 0.4) is 0 Å². The fourth-order valence-corrected chi connectivity index (χ4v) is 3.58. The van der Waals surface area contributed by atoms with Crippen LogP contribution in [-0.4, -0.2) is 35.8 Å². The van der Waals surface area contributed by atoms with Crippen molar-refractivity contribution < 1.29 is 4.74 Å². The molecule has 2 aromatic rings. The summed E-state index contributed by atoms with van der Waals surface area (Å²) < 4.78 is 5.56. The third-order valence-corrected chi connectivity index (χ3v) is 4.55. The molecule has 4 nitrogen and oxygen atoms in total. The van der Waals surface area contributed by atoms with E-state index in [1.54, 1.807) is 11.3 Å². The van der Waals surface area contributed by atoms with E-state index < -0.39 is 0 Å². The van der Waals surface area contributed by atoms with E-state index in [1.165, 1.54) is 4.88 Å². The molecule has 1 atom stereocenters. The molecule has 0 saturated carbocycles. The molecule has 6 heteroatoms. The average Bonchev–Trinajstić information content (AvgIpc) is 2.77. The van der Waals surface area contributed by atoms with Gasteiger partial charge in [0.2, 0.25) is 5.28 Å². The highest BCUT2D eigenvalue weighted by Gasteiger charge is 2.25. The Kier molecular flexibility index (Phi) is 3.60. The zero-order chi connectivity index (χ0) is 13.4. The third kappa shape index (κ3) is 2.42. The minimum atomic E-state index is 0.325. The van der Waals surface area contributed by atoms with Crippen molar-refractivity contribution >= 4 is 39.0 Å². The first-order valence-corrected chi connectivity index (χ1v) is 7.66. The normalized spacial score (nSPS) is 20.2. The second-order valence-corrected chi connectivity index (χ2v) is 6.30. The van der Waals surface area contributed by atoms with Gasteiger partial charge in [0, 0.05) is 11.4 Å². The summed E-state index contributed by atoms with van der Waals surface area (Å²) >= 11 is 7.73. The number of aromatic nitrogens is 2. The number of hydrogen-bond donors (Lipinski definition) is 0. The molecule has 1 aliphatic rings. The van der Waals surface area contributed by atoms with Crippen LogP contribution in [-0.2, 0) is 4.74 Å².